The zero-order chi connectivity index (χ0) is 75.1. The third kappa shape index (κ3) is 11.9. The number of nitrogens with zero attached hydrogens (tertiary/aromatic N) is 3. The van der Waals surface area contributed by atoms with Crippen molar-refractivity contribution in [1.29, 1.82) is 0 Å². The van der Waals surface area contributed by atoms with Gasteiger partial charge in [0, 0.05) is 74.6 Å². The first-order chi connectivity index (χ1) is 54.8. The second-order valence-corrected chi connectivity index (χ2v) is 37.6. The molecule has 5 fully saturated rings. The van der Waals surface area contributed by atoms with Gasteiger partial charge in [0.1, 0.15) is 0 Å². The lowest BCUT2D eigenvalue weighted by Crippen LogP contribution is -2.61. The van der Waals surface area contributed by atoms with Crippen LogP contribution in [0.4, 0.5) is 39.8 Å². The van der Waals surface area contributed by atoms with Crippen LogP contribution in [0.3, 0.4) is 0 Å². The first kappa shape index (κ1) is 70.0. The van der Waals surface area contributed by atoms with Crippen molar-refractivity contribution < 1.29 is 0 Å². The van der Waals surface area contributed by atoms with Gasteiger partial charge in [-0.05, 0) is 241 Å². The third-order valence-corrected chi connectivity index (χ3v) is 29.1. The van der Waals surface area contributed by atoms with Crippen LogP contribution in [0.25, 0.3) is 61.2 Å². The molecule has 0 spiro atoms. The lowest BCUT2D eigenvalue weighted by atomic mass is 9.33. The van der Waals surface area contributed by atoms with Gasteiger partial charge in [0.25, 0.3) is 6.71 Å². The van der Waals surface area contributed by atoms with Gasteiger partial charge in [-0.3, -0.25) is 0 Å². The molecule has 10 aromatic carbocycles. The SMILES string of the molecule is CC(C)(C)C1=CC2=C(c3ccc4c(c3)B3c5ccc(-c6ccccc6)cc5N(c5c(-c6ccccc6)cc(C6CCCCC6)cc5-c5ccccc5)c5cc(N6C7CCCCC7C7CCCCC76)cc(c53)N4c3c(-c4ccccc4)cc(C4CCCCC4)cc3-c3ccccc3)C=C3C=C(C(C)(C)C)CC4C=CC(=C1)C2C34. The molecule has 4 heteroatoms. The van der Waals surface area contributed by atoms with E-state index >= 15 is 0 Å². The molecule has 7 unspecified atom stereocenters. The minimum atomic E-state index is -0.172. The van der Waals surface area contributed by atoms with Crippen LogP contribution in [0.5, 0.6) is 0 Å². The monoisotopic (exact) mass is 1460 g/mol. The average Bonchev–Trinajstić information content (AvgIpc) is 0.814. The van der Waals surface area contributed by atoms with Crippen molar-refractivity contribution in [3.63, 3.8) is 0 Å². The van der Waals surface area contributed by atoms with Gasteiger partial charge in [-0.2, -0.15) is 0 Å². The van der Waals surface area contributed by atoms with Crippen molar-refractivity contribution in [3.8, 4) is 55.6 Å². The molecule has 8 aliphatic carbocycles. The van der Waals surface area contributed by atoms with Crippen molar-refractivity contribution in [3.05, 3.63) is 305 Å². The van der Waals surface area contributed by atoms with Crippen molar-refractivity contribution in [1.82, 2.24) is 0 Å². The summed E-state index contributed by atoms with van der Waals surface area (Å²) in [6, 6.07) is 91.1. The highest BCUT2D eigenvalue weighted by Crippen LogP contribution is 2.61. The van der Waals surface area contributed by atoms with Crippen molar-refractivity contribution in [2.24, 2.45) is 40.4 Å². The fraction of sp³-hybridized carbons (Fsp3) is 0.333. The Labute approximate surface area is 667 Å². The highest BCUT2D eigenvalue weighted by molar-refractivity contribution is 7.00. The standard InChI is InChI=1S/C108H108BN3/c1-107(2,3)83-56-78-50-51-79-57-84(108(4,5)6)66-93-88(63-82(58-83)102(78)103(79)93)77-53-55-98-95(64-77)109-94-54-52-76(69-32-14-7-15-33-69)65-99(94)112(106-91(74-42-24-12-25-43-74)61-81(71-36-18-9-19-37-71)62-92(106)75-44-26-13-27-45-75)101-68-85(110-96-48-30-28-46-86(96)87-47-29-31-49-97(87)110)67-100(104(101)109)111(98)105-89(72-38-20-10-21-39-72)59-80(70-34-16-8-17-35-70)60-90(105)73-40-22-11-23-41-73/h7,10-15,20-27,32-33,38-45,50-55,57-68,70-71,78,86-87,96-97,102-103H,8-9,16-19,28-31,34-37,46-49,56H2,1-6H3. The topological polar surface area (TPSA) is 9.72 Å². The second-order valence-electron chi connectivity index (χ2n) is 37.6. The molecule has 0 aromatic heterocycles. The molecule has 3 heterocycles. The molecule has 21 rings (SSSR count). The predicted molar refractivity (Wildman–Crippen MR) is 476 cm³/mol. The van der Waals surface area contributed by atoms with Crippen LogP contribution in [-0.2, 0) is 0 Å². The van der Waals surface area contributed by atoms with Gasteiger partial charge in [0.2, 0.25) is 0 Å². The number of allylic oxidation sites excluding steroid dienone is 12. The Kier molecular flexibility index (Phi) is 17.5. The first-order valence-corrected chi connectivity index (χ1v) is 43.6. The number of hydrogen-bond acceptors (Lipinski definition) is 3. The number of anilines is 7. The maximum Gasteiger partial charge on any atom is 0.252 e. The summed E-state index contributed by atoms with van der Waals surface area (Å²) in [6.45, 7) is 14.4. The van der Waals surface area contributed by atoms with Crippen molar-refractivity contribution in [2.75, 3.05) is 14.7 Å². The van der Waals surface area contributed by atoms with E-state index in [2.05, 4.69) is 317 Å². The fourth-order valence-electron chi connectivity index (χ4n) is 23.7. The Morgan fingerprint density at radius 1 is 0.366 bits per heavy atom. The van der Waals surface area contributed by atoms with Gasteiger partial charge >= 0.3 is 0 Å². The summed E-state index contributed by atoms with van der Waals surface area (Å²) < 4.78 is 0. The summed E-state index contributed by atoms with van der Waals surface area (Å²) in [5, 5.41) is 0. The lowest BCUT2D eigenvalue weighted by Gasteiger charge is -2.48. The van der Waals surface area contributed by atoms with Gasteiger partial charge in [0.15, 0.2) is 0 Å². The number of fused-ring (bicyclic) bond motifs is 7. The molecule has 10 aromatic rings. The van der Waals surface area contributed by atoms with Crippen LogP contribution in [0.15, 0.2) is 289 Å². The molecule has 4 saturated carbocycles. The van der Waals surface area contributed by atoms with E-state index in [1.54, 1.807) is 5.57 Å². The minimum absolute atomic E-state index is 0.0482. The maximum atomic E-state index is 3.12. The third-order valence-electron chi connectivity index (χ3n) is 29.1. The Bertz CT molecular complexity index is 5390. The number of benzene rings is 10. The molecule has 0 radical (unpaired) electrons. The van der Waals surface area contributed by atoms with Gasteiger partial charge in [-0.15, -0.1) is 0 Å². The first-order valence-electron chi connectivity index (χ1n) is 43.6. The van der Waals surface area contributed by atoms with Gasteiger partial charge in [-0.25, -0.2) is 0 Å². The van der Waals surface area contributed by atoms with Gasteiger partial charge in [-0.1, -0.05) is 324 Å². The molecule has 558 valence electrons. The Morgan fingerprint density at radius 3 is 1.34 bits per heavy atom. The van der Waals surface area contributed by atoms with Crippen LogP contribution >= 0.6 is 0 Å². The Hall–Kier alpha value is -9.90. The summed E-state index contributed by atoms with van der Waals surface area (Å²) in [6.07, 6.45) is 39.9. The zero-order valence-corrected chi connectivity index (χ0v) is 66.9. The summed E-state index contributed by atoms with van der Waals surface area (Å²) in [4.78, 5) is 8.93. The van der Waals surface area contributed by atoms with Gasteiger partial charge in [0.05, 0.1) is 11.4 Å². The highest BCUT2D eigenvalue weighted by atomic mass is 15.3. The van der Waals surface area contributed by atoms with Crippen LogP contribution in [-0.4, -0.2) is 18.8 Å². The lowest BCUT2D eigenvalue weighted by molar-refractivity contribution is 0.231. The normalized spacial score (nSPS) is 23.2. The van der Waals surface area contributed by atoms with E-state index in [9.17, 15) is 0 Å². The summed E-state index contributed by atoms with van der Waals surface area (Å²) >= 11 is 0. The molecular weight excluding hydrogens is 1350 g/mol. The number of rotatable bonds is 11. The van der Waals surface area contributed by atoms with Crippen LogP contribution < -0.4 is 31.1 Å². The summed E-state index contributed by atoms with van der Waals surface area (Å²) in [7, 11) is 0. The molecule has 0 bridgehead atoms. The zero-order valence-electron chi connectivity index (χ0n) is 66.9. The van der Waals surface area contributed by atoms with Crippen molar-refractivity contribution >= 4 is 68.5 Å². The van der Waals surface area contributed by atoms with E-state index in [-0.39, 0.29) is 23.5 Å². The van der Waals surface area contributed by atoms with Crippen LogP contribution in [0.2, 0.25) is 0 Å². The second kappa shape index (κ2) is 28.0. The largest absolute Gasteiger partial charge is 0.365 e. The molecule has 0 amide bonds. The summed E-state index contributed by atoms with van der Waals surface area (Å²) in [5.41, 5.74) is 38.9. The van der Waals surface area contributed by atoms with E-state index in [0.29, 0.717) is 47.6 Å². The Balaban J connectivity index is 0.927. The van der Waals surface area contributed by atoms with Crippen molar-refractivity contribution in [2.45, 2.75) is 187 Å². The summed E-state index contributed by atoms with van der Waals surface area (Å²) in [5.74, 6) is 3.43. The van der Waals surface area contributed by atoms with Gasteiger partial charge < -0.3 is 14.7 Å². The maximum absolute atomic E-state index is 3.12. The van der Waals surface area contributed by atoms with E-state index in [1.807, 2.05) is 0 Å². The molecule has 112 heavy (non-hydrogen) atoms. The predicted octanol–water partition coefficient (Wildman–Crippen LogP) is 27.5. The van der Waals surface area contributed by atoms with Crippen LogP contribution in [0.1, 0.15) is 192 Å². The van der Waals surface area contributed by atoms with E-state index < -0.39 is 0 Å². The van der Waals surface area contributed by atoms with Crippen LogP contribution in [0, 0.1) is 40.4 Å². The molecule has 3 nitrogen and oxygen atoms in total. The average molecular weight is 1460 g/mol. The molecule has 0 N–H and O–H groups in total. The fourth-order valence-corrected chi connectivity index (χ4v) is 23.7. The number of hydrogen-bond donors (Lipinski definition) is 0. The smallest absolute Gasteiger partial charge is 0.252 e. The molecule has 11 aliphatic rings. The van der Waals surface area contributed by atoms with E-state index in [4.69, 9.17) is 0 Å². The molecule has 1 saturated heterocycles. The highest BCUT2D eigenvalue weighted by Gasteiger charge is 2.53. The Morgan fingerprint density at radius 2 is 0.839 bits per heavy atom. The molecule has 7 atom stereocenters. The molecular formula is C108H108BN3. The van der Waals surface area contributed by atoms with E-state index in [0.717, 1.165) is 6.42 Å². The van der Waals surface area contributed by atoms with E-state index in [1.165, 1.54) is 272 Å². The minimum Gasteiger partial charge on any atom is -0.365 e. The molecule has 3 aliphatic heterocycles. The quantitative estimate of drug-likeness (QED) is 0.120.